The number of piperidine rings is 1. The summed E-state index contributed by atoms with van der Waals surface area (Å²) in [4.78, 5) is 19.3. The minimum atomic E-state index is -0.142. The molecule has 1 aromatic heterocycles. The van der Waals surface area contributed by atoms with Crippen molar-refractivity contribution < 1.29 is 4.79 Å². The molecule has 15 heavy (non-hydrogen) atoms. The van der Waals surface area contributed by atoms with Gasteiger partial charge in [-0.25, -0.2) is 9.97 Å². The molecule has 0 radical (unpaired) electrons. The highest BCUT2D eigenvalue weighted by Gasteiger charge is 2.16. The van der Waals surface area contributed by atoms with Crippen LogP contribution in [0, 0.1) is 0 Å². The fraction of sp³-hybridized carbons (Fsp3) is 0.500. The summed E-state index contributed by atoms with van der Waals surface area (Å²) in [5.41, 5.74) is 0.414. The second-order valence-corrected chi connectivity index (χ2v) is 3.57. The van der Waals surface area contributed by atoms with E-state index in [9.17, 15) is 4.79 Å². The van der Waals surface area contributed by atoms with Crippen LogP contribution in [0.15, 0.2) is 18.6 Å². The number of nitrogens with zero attached hydrogens (tertiary/aromatic N) is 2. The monoisotopic (exact) mass is 206 g/mol. The summed E-state index contributed by atoms with van der Waals surface area (Å²) in [7, 11) is 0. The number of hydrogen-bond donors (Lipinski definition) is 2. The second-order valence-electron chi connectivity index (χ2n) is 3.57. The average molecular weight is 206 g/mol. The van der Waals surface area contributed by atoms with Gasteiger partial charge >= 0.3 is 0 Å². The molecule has 1 atom stereocenters. The van der Waals surface area contributed by atoms with Gasteiger partial charge in [0.2, 0.25) is 0 Å². The molecule has 0 aliphatic carbocycles. The van der Waals surface area contributed by atoms with Gasteiger partial charge in [-0.1, -0.05) is 0 Å². The molecule has 1 aliphatic rings. The first-order chi connectivity index (χ1) is 7.36. The zero-order chi connectivity index (χ0) is 10.5. The van der Waals surface area contributed by atoms with Gasteiger partial charge in [0.25, 0.3) is 5.91 Å². The summed E-state index contributed by atoms with van der Waals surface area (Å²) >= 11 is 0. The topological polar surface area (TPSA) is 66.9 Å². The molecule has 1 fully saturated rings. The molecule has 2 heterocycles. The zero-order valence-corrected chi connectivity index (χ0v) is 8.44. The van der Waals surface area contributed by atoms with E-state index in [1.54, 1.807) is 12.3 Å². The van der Waals surface area contributed by atoms with Gasteiger partial charge in [-0.2, -0.15) is 0 Å². The number of aromatic nitrogens is 2. The zero-order valence-electron chi connectivity index (χ0n) is 8.44. The standard InChI is InChI=1S/C10H14N4O/c15-10(8-4-6-11-7-13-8)14-9-3-1-2-5-12-9/h4,6-7,9,12H,1-3,5H2,(H,14,15). The molecule has 0 spiro atoms. The Labute approximate surface area is 88.3 Å². The average Bonchev–Trinajstić information content (AvgIpc) is 2.31. The van der Waals surface area contributed by atoms with E-state index < -0.39 is 0 Å². The van der Waals surface area contributed by atoms with Crippen molar-refractivity contribution in [1.29, 1.82) is 0 Å². The van der Waals surface area contributed by atoms with Gasteiger partial charge in [0.15, 0.2) is 0 Å². The minimum absolute atomic E-state index is 0.0845. The van der Waals surface area contributed by atoms with Crippen molar-refractivity contribution in [2.45, 2.75) is 25.4 Å². The van der Waals surface area contributed by atoms with Crippen molar-refractivity contribution in [3.8, 4) is 0 Å². The molecule has 1 unspecified atom stereocenters. The fourth-order valence-corrected chi connectivity index (χ4v) is 1.63. The third-order valence-electron chi connectivity index (χ3n) is 2.43. The van der Waals surface area contributed by atoms with Crippen LogP contribution in [-0.2, 0) is 0 Å². The summed E-state index contributed by atoms with van der Waals surface area (Å²) in [6.45, 7) is 0.967. The van der Waals surface area contributed by atoms with E-state index in [1.807, 2.05) is 0 Å². The van der Waals surface area contributed by atoms with Crippen LogP contribution in [0.4, 0.5) is 0 Å². The van der Waals surface area contributed by atoms with E-state index in [4.69, 9.17) is 0 Å². The first-order valence-electron chi connectivity index (χ1n) is 5.16. The van der Waals surface area contributed by atoms with Gasteiger partial charge in [-0.05, 0) is 31.9 Å². The predicted molar refractivity (Wildman–Crippen MR) is 55.1 cm³/mol. The number of amides is 1. The molecule has 2 rings (SSSR count). The van der Waals surface area contributed by atoms with Crippen LogP contribution in [-0.4, -0.2) is 28.6 Å². The Morgan fingerprint density at radius 2 is 2.47 bits per heavy atom. The van der Waals surface area contributed by atoms with Crippen molar-refractivity contribution in [1.82, 2.24) is 20.6 Å². The highest BCUT2D eigenvalue weighted by atomic mass is 16.2. The maximum Gasteiger partial charge on any atom is 0.271 e. The Balaban J connectivity index is 1.91. The van der Waals surface area contributed by atoms with Gasteiger partial charge in [0.05, 0.1) is 6.17 Å². The lowest BCUT2D eigenvalue weighted by Gasteiger charge is -2.24. The molecule has 80 valence electrons. The smallest absolute Gasteiger partial charge is 0.271 e. The summed E-state index contributed by atoms with van der Waals surface area (Å²) in [5.74, 6) is -0.142. The third kappa shape index (κ3) is 2.73. The number of nitrogens with one attached hydrogen (secondary N) is 2. The Hall–Kier alpha value is -1.49. The summed E-state index contributed by atoms with van der Waals surface area (Å²) in [6, 6.07) is 1.61. The van der Waals surface area contributed by atoms with Crippen LogP contribution in [0.1, 0.15) is 29.8 Å². The van der Waals surface area contributed by atoms with E-state index in [-0.39, 0.29) is 12.1 Å². The third-order valence-corrected chi connectivity index (χ3v) is 2.43. The first-order valence-corrected chi connectivity index (χ1v) is 5.16. The minimum Gasteiger partial charge on any atom is -0.335 e. The lowest BCUT2D eigenvalue weighted by atomic mass is 10.1. The molecular weight excluding hydrogens is 192 g/mol. The van der Waals surface area contributed by atoms with Gasteiger partial charge in [0.1, 0.15) is 12.0 Å². The highest BCUT2D eigenvalue weighted by Crippen LogP contribution is 2.05. The van der Waals surface area contributed by atoms with E-state index in [0.717, 1.165) is 19.4 Å². The molecule has 0 saturated carbocycles. The summed E-state index contributed by atoms with van der Waals surface area (Å²) in [6.07, 6.45) is 6.35. The molecule has 5 nitrogen and oxygen atoms in total. The molecule has 5 heteroatoms. The fourth-order valence-electron chi connectivity index (χ4n) is 1.63. The van der Waals surface area contributed by atoms with Crippen LogP contribution >= 0.6 is 0 Å². The maximum absolute atomic E-state index is 11.7. The Kier molecular flexibility index (Phi) is 3.24. The number of hydrogen-bond acceptors (Lipinski definition) is 4. The summed E-state index contributed by atoms with van der Waals surface area (Å²) < 4.78 is 0. The summed E-state index contributed by atoms with van der Waals surface area (Å²) in [5, 5.41) is 6.14. The van der Waals surface area contributed by atoms with Gasteiger partial charge in [-0.3, -0.25) is 10.1 Å². The van der Waals surface area contributed by atoms with E-state index in [0.29, 0.717) is 5.69 Å². The van der Waals surface area contributed by atoms with Crippen LogP contribution in [0.25, 0.3) is 0 Å². The van der Waals surface area contributed by atoms with Crippen LogP contribution in [0.2, 0.25) is 0 Å². The highest BCUT2D eigenvalue weighted by molar-refractivity contribution is 5.92. The number of rotatable bonds is 2. The molecule has 1 aliphatic heterocycles. The lowest BCUT2D eigenvalue weighted by Crippen LogP contribution is -2.47. The van der Waals surface area contributed by atoms with E-state index in [2.05, 4.69) is 20.6 Å². The molecule has 1 amide bonds. The van der Waals surface area contributed by atoms with Crippen LogP contribution < -0.4 is 10.6 Å². The van der Waals surface area contributed by atoms with Gasteiger partial charge in [0, 0.05) is 6.20 Å². The van der Waals surface area contributed by atoms with E-state index >= 15 is 0 Å². The molecule has 0 bridgehead atoms. The predicted octanol–water partition coefficient (Wildman–Crippen LogP) is 0.306. The second kappa shape index (κ2) is 4.84. The quantitative estimate of drug-likeness (QED) is 0.730. The molecule has 2 N–H and O–H groups in total. The van der Waals surface area contributed by atoms with Crippen molar-refractivity contribution in [2.24, 2.45) is 0 Å². The number of carbonyl (C=O) groups is 1. The largest absolute Gasteiger partial charge is 0.335 e. The lowest BCUT2D eigenvalue weighted by molar-refractivity contribution is 0.0916. The molecule has 1 saturated heterocycles. The molecule has 1 aromatic rings. The first kappa shape index (κ1) is 10.0. The Morgan fingerprint density at radius 3 is 3.13 bits per heavy atom. The SMILES string of the molecule is O=C(NC1CCCCN1)c1ccncn1. The van der Waals surface area contributed by atoms with Crippen molar-refractivity contribution in [3.63, 3.8) is 0 Å². The normalized spacial score (nSPS) is 20.9. The van der Waals surface area contributed by atoms with Crippen molar-refractivity contribution in [3.05, 3.63) is 24.3 Å². The Bertz CT molecular complexity index is 321. The van der Waals surface area contributed by atoms with Crippen molar-refractivity contribution in [2.75, 3.05) is 6.54 Å². The van der Waals surface area contributed by atoms with Crippen molar-refractivity contribution >= 4 is 5.91 Å². The molecule has 0 aromatic carbocycles. The Morgan fingerprint density at radius 1 is 1.53 bits per heavy atom. The van der Waals surface area contributed by atoms with Gasteiger partial charge in [-0.15, -0.1) is 0 Å². The molecular formula is C10H14N4O. The number of carbonyl (C=O) groups excluding carboxylic acids is 1. The van der Waals surface area contributed by atoms with Crippen LogP contribution in [0.5, 0.6) is 0 Å². The van der Waals surface area contributed by atoms with Gasteiger partial charge < -0.3 is 5.32 Å². The maximum atomic E-state index is 11.7. The van der Waals surface area contributed by atoms with Crippen LogP contribution in [0.3, 0.4) is 0 Å². The van der Waals surface area contributed by atoms with E-state index in [1.165, 1.54) is 12.7 Å².